The zero-order chi connectivity index (χ0) is 11.9. The van der Waals surface area contributed by atoms with E-state index in [1.165, 1.54) is 4.70 Å². The molecule has 92 valence electrons. The highest BCUT2D eigenvalue weighted by Crippen LogP contribution is 2.29. The number of nitrogens with one attached hydrogen (secondary N) is 1. The summed E-state index contributed by atoms with van der Waals surface area (Å²) in [7, 11) is 0. The lowest BCUT2D eigenvalue weighted by atomic mass is 10.1. The maximum atomic E-state index is 5.33. The Labute approximate surface area is 107 Å². The second kappa shape index (κ2) is 3.93. The molecule has 1 N–H and O–H groups in total. The first kappa shape index (κ1) is 10.3. The number of ether oxygens (including phenoxy) is 1. The van der Waals surface area contributed by atoms with Gasteiger partial charge in [-0.2, -0.15) is 4.98 Å². The van der Waals surface area contributed by atoms with Crippen molar-refractivity contribution in [2.75, 3.05) is 13.2 Å². The standard InChI is InChI=1S/C12H11N3O2S/c1-3-16-6-7(1)11-14-12(17-15-11)9-5-10-8(13-9)2-4-18-10/h2,4-5,7,13H,1,3,6H2/t7-/m1/s1. The second-order valence-electron chi connectivity index (χ2n) is 4.40. The number of hydrogen-bond donors (Lipinski definition) is 1. The molecular formula is C12H11N3O2S. The summed E-state index contributed by atoms with van der Waals surface area (Å²) in [6.07, 6.45) is 0.971. The van der Waals surface area contributed by atoms with E-state index in [0.29, 0.717) is 12.5 Å². The first-order valence-electron chi connectivity index (χ1n) is 5.88. The van der Waals surface area contributed by atoms with Crippen molar-refractivity contribution in [3.8, 4) is 11.6 Å². The molecule has 0 bridgehead atoms. The van der Waals surface area contributed by atoms with Crippen LogP contribution in [-0.4, -0.2) is 28.3 Å². The van der Waals surface area contributed by atoms with Crippen molar-refractivity contribution in [2.24, 2.45) is 0 Å². The summed E-state index contributed by atoms with van der Waals surface area (Å²) in [6, 6.07) is 4.09. The van der Waals surface area contributed by atoms with E-state index in [-0.39, 0.29) is 5.92 Å². The van der Waals surface area contributed by atoms with Crippen LogP contribution in [0.15, 0.2) is 22.0 Å². The first-order valence-corrected chi connectivity index (χ1v) is 6.76. The molecule has 4 heterocycles. The molecule has 4 rings (SSSR count). The number of nitrogens with zero attached hydrogens (tertiary/aromatic N) is 2. The summed E-state index contributed by atoms with van der Waals surface area (Å²) >= 11 is 1.69. The minimum absolute atomic E-state index is 0.276. The van der Waals surface area contributed by atoms with E-state index in [1.807, 2.05) is 12.1 Å². The van der Waals surface area contributed by atoms with Crippen LogP contribution in [0.2, 0.25) is 0 Å². The fourth-order valence-electron chi connectivity index (χ4n) is 2.21. The van der Waals surface area contributed by atoms with Crippen molar-refractivity contribution in [1.82, 2.24) is 15.1 Å². The number of aromatic nitrogens is 3. The molecule has 1 aliphatic heterocycles. The molecule has 0 radical (unpaired) electrons. The molecule has 5 nitrogen and oxygen atoms in total. The minimum Gasteiger partial charge on any atom is -0.381 e. The van der Waals surface area contributed by atoms with Crippen LogP contribution < -0.4 is 0 Å². The van der Waals surface area contributed by atoms with Crippen molar-refractivity contribution in [3.05, 3.63) is 23.3 Å². The number of hydrogen-bond acceptors (Lipinski definition) is 5. The average Bonchev–Trinajstić information content (AvgIpc) is 3.13. The van der Waals surface area contributed by atoms with Crippen LogP contribution >= 0.6 is 11.3 Å². The van der Waals surface area contributed by atoms with Crippen molar-refractivity contribution < 1.29 is 9.26 Å². The molecule has 0 saturated carbocycles. The van der Waals surface area contributed by atoms with Gasteiger partial charge >= 0.3 is 0 Å². The number of aromatic amines is 1. The molecule has 1 fully saturated rings. The van der Waals surface area contributed by atoms with Crippen LogP contribution in [0, 0.1) is 0 Å². The predicted molar refractivity (Wildman–Crippen MR) is 67.6 cm³/mol. The fraction of sp³-hybridized carbons (Fsp3) is 0.333. The van der Waals surface area contributed by atoms with Crippen molar-refractivity contribution in [3.63, 3.8) is 0 Å². The number of rotatable bonds is 2. The topological polar surface area (TPSA) is 63.9 Å². The van der Waals surface area contributed by atoms with Gasteiger partial charge in [-0.15, -0.1) is 11.3 Å². The SMILES string of the molecule is c1cc2[nH]c(-c3nc([C@@H]4CCOC4)no3)cc2s1. The molecule has 0 amide bonds. The molecule has 1 aliphatic rings. The van der Waals surface area contributed by atoms with Crippen LogP contribution in [0.5, 0.6) is 0 Å². The zero-order valence-electron chi connectivity index (χ0n) is 9.55. The van der Waals surface area contributed by atoms with Gasteiger partial charge in [0.05, 0.1) is 16.8 Å². The Bertz CT molecular complexity index is 650. The van der Waals surface area contributed by atoms with Crippen molar-refractivity contribution in [2.45, 2.75) is 12.3 Å². The Balaban J connectivity index is 1.69. The Kier molecular flexibility index (Phi) is 2.24. The monoisotopic (exact) mass is 261 g/mol. The number of H-pyrrole nitrogens is 1. The molecule has 1 saturated heterocycles. The van der Waals surface area contributed by atoms with E-state index >= 15 is 0 Å². The van der Waals surface area contributed by atoms with E-state index < -0.39 is 0 Å². The van der Waals surface area contributed by atoms with Gasteiger partial charge in [-0.05, 0) is 23.9 Å². The Morgan fingerprint density at radius 3 is 3.28 bits per heavy atom. The lowest BCUT2D eigenvalue weighted by Gasteiger charge is -1.97. The molecule has 6 heteroatoms. The fourth-order valence-corrected chi connectivity index (χ4v) is 2.99. The average molecular weight is 261 g/mol. The van der Waals surface area contributed by atoms with E-state index in [2.05, 4.69) is 20.5 Å². The molecule has 3 aromatic rings. The van der Waals surface area contributed by atoms with Gasteiger partial charge < -0.3 is 14.2 Å². The van der Waals surface area contributed by atoms with Crippen LogP contribution in [0.1, 0.15) is 18.2 Å². The van der Waals surface area contributed by atoms with Crippen LogP contribution in [0.25, 0.3) is 21.8 Å². The van der Waals surface area contributed by atoms with E-state index in [0.717, 1.165) is 30.1 Å². The second-order valence-corrected chi connectivity index (χ2v) is 5.35. The van der Waals surface area contributed by atoms with Crippen molar-refractivity contribution in [1.29, 1.82) is 0 Å². The number of fused-ring (bicyclic) bond motifs is 1. The Morgan fingerprint density at radius 1 is 1.44 bits per heavy atom. The largest absolute Gasteiger partial charge is 0.381 e. The minimum atomic E-state index is 0.276. The Morgan fingerprint density at radius 2 is 2.44 bits per heavy atom. The van der Waals surface area contributed by atoms with E-state index in [9.17, 15) is 0 Å². The highest BCUT2D eigenvalue weighted by molar-refractivity contribution is 7.17. The molecule has 1 atom stereocenters. The Hall–Kier alpha value is -1.66. The maximum Gasteiger partial charge on any atom is 0.274 e. The third-order valence-corrected chi connectivity index (χ3v) is 4.07. The first-order chi connectivity index (χ1) is 8.90. The highest BCUT2D eigenvalue weighted by atomic mass is 32.1. The van der Waals surface area contributed by atoms with Gasteiger partial charge in [0.25, 0.3) is 5.89 Å². The van der Waals surface area contributed by atoms with Gasteiger partial charge in [0.2, 0.25) is 0 Å². The van der Waals surface area contributed by atoms with Gasteiger partial charge in [0.15, 0.2) is 5.82 Å². The predicted octanol–water partition coefficient (Wildman–Crippen LogP) is 2.78. The smallest absolute Gasteiger partial charge is 0.274 e. The quantitative estimate of drug-likeness (QED) is 0.770. The molecule has 0 aromatic carbocycles. The molecule has 0 aliphatic carbocycles. The van der Waals surface area contributed by atoms with E-state index in [1.54, 1.807) is 11.3 Å². The summed E-state index contributed by atoms with van der Waals surface area (Å²) in [4.78, 5) is 7.73. The number of thiophene rings is 1. The van der Waals surface area contributed by atoms with Crippen LogP contribution in [0.4, 0.5) is 0 Å². The van der Waals surface area contributed by atoms with E-state index in [4.69, 9.17) is 9.26 Å². The van der Waals surface area contributed by atoms with Gasteiger partial charge in [0.1, 0.15) is 5.69 Å². The molecular weight excluding hydrogens is 250 g/mol. The molecule has 18 heavy (non-hydrogen) atoms. The zero-order valence-corrected chi connectivity index (χ0v) is 10.4. The lowest BCUT2D eigenvalue weighted by Crippen LogP contribution is -1.99. The third kappa shape index (κ3) is 1.57. The summed E-state index contributed by atoms with van der Waals surface area (Å²) in [5.74, 6) is 1.58. The highest BCUT2D eigenvalue weighted by Gasteiger charge is 2.23. The normalized spacial score (nSPS) is 19.9. The molecule has 0 spiro atoms. The lowest BCUT2D eigenvalue weighted by molar-refractivity contribution is 0.192. The van der Waals surface area contributed by atoms with Gasteiger partial charge in [-0.3, -0.25) is 0 Å². The molecule has 3 aromatic heterocycles. The summed E-state index contributed by atoms with van der Waals surface area (Å²) in [5.41, 5.74) is 1.99. The maximum absolute atomic E-state index is 5.33. The summed E-state index contributed by atoms with van der Waals surface area (Å²) in [6.45, 7) is 1.48. The summed E-state index contributed by atoms with van der Waals surface area (Å²) in [5, 5.41) is 6.10. The van der Waals surface area contributed by atoms with Crippen LogP contribution in [0.3, 0.4) is 0 Å². The van der Waals surface area contributed by atoms with Gasteiger partial charge in [0, 0.05) is 12.5 Å². The van der Waals surface area contributed by atoms with Crippen molar-refractivity contribution >= 4 is 21.6 Å². The third-order valence-electron chi connectivity index (χ3n) is 3.21. The summed E-state index contributed by atoms with van der Waals surface area (Å²) < 4.78 is 11.9. The van der Waals surface area contributed by atoms with Gasteiger partial charge in [-0.25, -0.2) is 0 Å². The van der Waals surface area contributed by atoms with Crippen LogP contribution in [-0.2, 0) is 4.74 Å². The molecule has 0 unspecified atom stereocenters. The van der Waals surface area contributed by atoms with Gasteiger partial charge in [-0.1, -0.05) is 5.16 Å².